The number of benzene rings is 3. The van der Waals surface area contributed by atoms with Crippen molar-refractivity contribution in [3.05, 3.63) is 95.2 Å². The van der Waals surface area contributed by atoms with Crippen LogP contribution in [0.5, 0.6) is 17.2 Å². The van der Waals surface area contributed by atoms with Crippen LogP contribution in [0.15, 0.2) is 89.2 Å². The normalized spacial score (nSPS) is 14.2. The summed E-state index contributed by atoms with van der Waals surface area (Å²) in [5.74, 6) is 2.91. The van der Waals surface area contributed by atoms with E-state index in [-0.39, 0.29) is 5.91 Å². The lowest BCUT2D eigenvalue weighted by Gasteiger charge is -2.29. The Hall–Kier alpha value is -4.44. The third kappa shape index (κ3) is 6.17. The highest BCUT2D eigenvalue weighted by atomic mass is 32.2. The van der Waals surface area contributed by atoms with Crippen molar-refractivity contribution >= 4 is 29.3 Å². The molecule has 41 heavy (non-hydrogen) atoms. The van der Waals surface area contributed by atoms with Crippen LogP contribution < -0.4 is 24.8 Å². The average molecular weight is 572 g/mol. The van der Waals surface area contributed by atoms with E-state index >= 15 is 0 Å². The number of carbonyl (C=O) groups is 1. The van der Waals surface area contributed by atoms with Crippen LogP contribution in [0.25, 0.3) is 0 Å². The fraction of sp³-hybridized carbons (Fsp3) is 0.258. The van der Waals surface area contributed by atoms with Crippen LogP contribution in [0, 0.1) is 0 Å². The second-order valence-electron chi connectivity index (χ2n) is 9.42. The summed E-state index contributed by atoms with van der Waals surface area (Å²) in [5.41, 5.74) is 3.61. The SMILES string of the molecule is CCCSc1nc2n(n1)C(c1ccc(OCc3ccccc3)c(OC)c1)C(C(=O)Nc1ccccc1OC)=C(C)N2. The quantitative estimate of drug-likeness (QED) is 0.202. The Morgan fingerprint density at radius 3 is 2.51 bits per heavy atom. The van der Waals surface area contributed by atoms with E-state index in [1.165, 1.54) is 0 Å². The van der Waals surface area contributed by atoms with Crippen molar-refractivity contribution in [2.45, 2.75) is 38.1 Å². The molecule has 0 spiro atoms. The maximum Gasteiger partial charge on any atom is 0.255 e. The van der Waals surface area contributed by atoms with E-state index in [2.05, 4.69) is 17.6 Å². The number of hydrogen-bond acceptors (Lipinski definition) is 8. The van der Waals surface area contributed by atoms with Gasteiger partial charge in [-0.15, -0.1) is 5.10 Å². The van der Waals surface area contributed by atoms with Gasteiger partial charge in [0, 0.05) is 11.4 Å². The third-order valence-corrected chi connectivity index (χ3v) is 7.65. The fourth-order valence-electron chi connectivity index (χ4n) is 4.63. The van der Waals surface area contributed by atoms with Gasteiger partial charge in [0.1, 0.15) is 18.4 Å². The number of allylic oxidation sites excluding steroid dienone is 1. The first-order valence-corrected chi connectivity index (χ1v) is 14.4. The van der Waals surface area contributed by atoms with Gasteiger partial charge in [-0.2, -0.15) is 4.98 Å². The number of ether oxygens (including phenoxy) is 3. The van der Waals surface area contributed by atoms with E-state index in [4.69, 9.17) is 24.3 Å². The number of carbonyl (C=O) groups excluding carboxylic acids is 1. The summed E-state index contributed by atoms with van der Waals surface area (Å²) in [7, 11) is 3.18. The molecule has 1 aliphatic rings. The smallest absolute Gasteiger partial charge is 0.255 e. The number of nitrogens with one attached hydrogen (secondary N) is 2. The number of aromatic nitrogens is 3. The van der Waals surface area contributed by atoms with Crippen molar-refractivity contribution < 1.29 is 19.0 Å². The molecule has 4 aromatic rings. The summed E-state index contributed by atoms with van der Waals surface area (Å²) < 4.78 is 19.1. The zero-order chi connectivity index (χ0) is 28.8. The van der Waals surface area contributed by atoms with E-state index in [1.807, 2.05) is 67.6 Å². The number of fused-ring (bicyclic) bond motifs is 1. The molecule has 0 aliphatic carbocycles. The Morgan fingerprint density at radius 2 is 1.76 bits per heavy atom. The molecule has 0 saturated carbocycles. The maximum atomic E-state index is 13.9. The minimum atomic E-state index is -0.568. The van der Waals surface area contributed by atoms with Gasteiger partial charge < -0.3 is 24.8 Å². The summed E-state index contributed by atoms with van der Waals surface area (Å²) in [4.78, 5) is 18.6. The van der Waals surface area contributed by atoms with Crippen LogP contribution in [0.4, 0.5) is 11.6 Å². The molecule has 0 saturated heterocycles. The second-order valence-corrected chi connectivity index (χ2v) is 10.5. The summed E-state index contributed by atoms with van der Waals surface area (Å²) in [6, 6.07) is 22.4. The van der Waals surface area contributed by atoms with Gasteiger partial charge in [-0.3, -0.25) is 4.79 Å². The molecule has 5 rings (SSSR count). The van der Waals surface area contributed by atoms with Crippen molar-refractivity contribution in [1.29, 1.82) is 0 Å². The molecule has 1 aromatic heterocycles. The van der Waals surface area contributed by atoms with Gasteiger partial charge in [0.25, 0.3) is 5.91 Å². The molecule has 212 valence electrons. The van der Waals surface area contributed by atoms with Crippen molar-refractivity contribution in [2.24, 2.45) is 0 Å². The lowest BCUT2D eigenvalue weighted by atomic mass is 9.94. The predicted octanol–water partition coefficient (Wildman–Crippen LogP) is 6.30. The highest BCUT2D eigenvalue weighted by molar-refractivity contribution is 7.99. The third-order valence-electron chi connectivity index (χ3n) is 6.61. The van der Waals surface area contributed by atoms with Crippen molar-refractivity contribution in [1.82, 2.24) is 14.8 Å². The number of para-hydroxylation sites is 2. The fourth-order valence-corrected chi connectivity index (χ4v) is 5.32. The minimum Gasteiger partial charge on any atom is -0.495 e. The molecule has 0 radical (unpaired) electrons. The Labute approximate surface area is 243 Å². The lowest BCUT2D eigenvalue weighted by molar-refractivity contribution is -0.113. The molecule has 1 atom stereocenters. The Kier molecular flexibility index (Phi) is 8.79. The average Bonchev–Trinajstić information content (AvgIpc) is 3.41. The number of anilines is 2. The zero-order valence-corrected chi connectivity index (χ0v) is 24.3. The number of nitrogens with zero attached hydrogens (tertiary/aromatic N) is 3. The van der Waals surface area contributed by atoms with Gasteiger partial charge in [0.15, 0.2) is 11.5 Å². The molecule has 3 aromatic carbocycles. The monoisotopic (exact) mass is 571 g/mol. The molecule has 1 amide bonds. The number of methoxy groups -OCH3 is 2. The maximum absolute atomic E-state index is 13.9. The summed E-state index contributed by atoms with van der Waals surface area (Å²) in [5, 5.41) is 11.8. The summed E-state index contributed by atoms with van der Waals surface area (Å²) in [6.07, 6.45) is 0.997. The van der Waals surface area contributed by atoms with Crippen LogP contribution in [0.2, 0.25) is 0 Å². The zero-order valence-electron chi connectivity index (χ0n) is 23.5. The van der Waals surface area contributed by atoms with Crippen LogP contribution in [-0.4, -0.2) is 40.6 Å². The van der Waals surface area contributed by atoms with Crippen molar-refractivity contribution in [2.75, 3.05) is 30.6 Å². The molecule has 0 bridgehead atoms. The highest BCUT2D eigenvalue weighted by Crippen LogP contribution is 2.40. The van der Waals surface area contributed by atoms with Crippen LogP contribution in [0.1, 0.15) is 37.4 Å². The molecular formula is C31H33N5O4S. The summed E-state index contributed by atoms with van der Waals surface area (Å²) in [6.45, 7) is 4.39. The lowest BCUT2D eigenvalue weighted by Crippen LogP contribution is -2.31. The standard InChI is InChI=1S/C31H33N5O4S/c1-5-17-41-31-34-30-32-20(2)27(29(37)33-23-13-9-10-14-24(23)38-3)28(36(30)35-31)22-15-16-25(26(18-22)39-4)40-19-21-11-7-6-8-12-21/h6-16,18,28H,5,17,19H2,1-4H3,(H,33,37)(H,32,34,35). The van der Waals surface area contributed by atoms with Gasteiger partial charge in [-0.05, 0) is 48.7 Å². The van der Waals surface area contributed by atoms with Crippen molar-refractivity contribution in [3.63, 3.8) is 0 Å². The van der Waals surface area contributed by atoms with E-state index in [9.17, 15) is 4.79 Å². The van der Waals surface area contributed by atoms with Crippen LogP contribution >= 0.6 is 11.8 Å². The number of amides is 1. The molecule has 2 N–H and O–H groups in total. The first kappa shape index (κ1) is 28.1. The second kappa shape index (κ2) is 12.8. The molecular weight excluding hydrogens is 538 g/mol. The Balaban J connectivity index is 1.52. The van der Waals surface area contributed by atoms with Crippen LogP contribution in [0.3, 0.4) is 0 Å². The van der Waals surface area contributed by atoms with Gasteiger partial charge in [-0.25, -0.2) is 4.68 Å². The largest absolute Gasteiger partial charge is 0.495 e. The summed E-state index contributed by atoms with van der Waals surface area (Å²) >= 11 is 1.58. The van der Waals surface area contributed by atoms with Crippen LogP contribution in [-0.2, 0) is 11.4 Å². The predicted molar refractivity (Wildman–Crippen MR) is 161 cm³/mol. The Morgan fingerprint density at radius 1 is 1.00 bits per heavy atom. The van der Waals surface area contributed by atoms with Gasteiger partial charge in [-0.1, -0.05) is 67.2 Å². The molecule has 1 aliphatic heterocycles. The molecule has 0 fully saturated rings. The highest BCUT2D eigenvalue weighted by Gasteiger charge is 2.35. The van der Waals surface area contributed by atoms with E-state index in [0.29, 0.717) is 51.9 Å². The topological polar surface area (TPSA) is 99.5 Å². The number of hydrogen-bond donors (Lipinski definition) is 2. The Bertz CT molecular complexity index is 1550. The van der Waals surface area contributed by atoms with Gasteiger partial charge >= 0.3 is 0 Å². The van der Waals surface area contributed by atoms with E-state index in [0.717, 1.165) is 23.3 Å². The van der Waals surface area contributed by atoms with Gasteiger partial charge in [0.2, 0.25) is 11.1 Å². The molecule has 2 heterocycles. The van der Waals surface area contributed by atoms with E-state index in [1.54, 1.807) is 42.8 Å². The first-order valence-electron chi connectivity index (χ1n) is 13.4. The first-order chi connectivity index (χ1) is 20.0. The molecule has 9 nitrogen and oxygen atoms in total. The van der Waals surface area contributed by atoms with Crippen molar-refractivity contribution in [3.8, 4) is 17.2 Å². The van der Waals surface area contributed by atoms with E-state index < -0.39 is 6.04 Å². The van der Waals surface area contributed by atoms with Gasteiger partial charge in [0.05, 0.1) is 25.5 Å². The minimum absolute atomic E-state index is 0.281. The molecule has 1 unspecified atom stereocenters. The molecule has 10 heteroatoms. The number of rotatable bonds is 11. The number of thioether (sulfide) groups is 1.